The number of benzene rings is 2. The number of nitrogens with one attached hydrogen (secondary N) is 1. The van der Waals surface area contributed by atoms with Gasteiger partial charge in [-0.1, -0.05) is 22.0 Å². The summed E-state index contributed by atoms with van der Waals surface area (Å²) in [5.74, 6) is -0.360. The minimum Gasteiger partial charge on any atom is -0.465 e. The van der Waals surface area contributed by atoms with Gasteiger partial charge in [0.05, 0.1) is 24.4 Å². The first-order valence-electron chi connectivity index (χ1n) is 11.1. The lowest BCUT2D eigenvalue weighted by atomic mass is 10.0. The molecule has 0 bridgehead atoms. The van der Waals surface area contributed by atoms with Gasteiger partial charge in [-0.25, -0.2) is 4.79 Å². The van der Waals surface area contributed by atoms with E-state index in [1.54, 1.807) is 18.3 Å². The Hall–Kier alpha value is -3.49. The first kappa shape index (κ1) is 23.3. The molecule has 1 saturated heterocycles. The Morgan fingerprint density at radius 2 is 1.83 bits per heavy atom. The third-order valence-electron chi connectivity index (χ3n) is 6.17. The van der Waals surface area contributed by atoms with Gasteiger partial charge in [0.15, 0.2) is 5.11 Å². The van der Waals surface area contributed by atoms with Gasteiger partial charge in [0.25, 0.3) is 0 Å². The number of esters is 1. The average Bonchev–Trinajstić information content (AvgIpc) is 3.50. The number of carbonyl (C=O) groups excluding carboxylic acids is 1. The third-order valence-corrected chi connectivity index (χ3v) is 7.37. The van der Waals surface area contributed by atoms with E-state index in [4.69, 9.17) is 17.0 Å². The second-order valence-electron chi connectivity index (χ2n) is 8.27. The minimum absolute atomic E-state index is 0.157. The molecule has 0 unspecified atom stereocenters. The molecule has 0 amide bonds. The summed E-state index contributed by atoms with van der Waals surface area (Å²) in [6.07, 6.45) is 3.82. The molecule has 0 radical (unpaired) electrons. The highest BCUT2D eigenvalue weighted by Gasteiger charge is 2.42. The quantitative estimate of drug-likeness (QED) is 0.248. The van der Waals surface area contributed by atoms with Crippen molar-refractivity contribution in [3.05, 3.63) is 112 Å². The van der Waals surface area contributed by atoms with Crippen LogP contribution in [0.4, 0.5) is 5.69 Å². The second kappa shape index (κ2) is 9.64. The number of aromatic nitrogens is 2. The molecule has 1 aliphatic heterocycles. The van der Waals surface area contributed by atoms with E-state index < -0.39 is 0 Å². The molecule has 35 heavy (non-hydrogen) atoms. The highest BCUT2D eigenvalue weighted by molar-refractivity contribution is 9.10. The summed E-state index contributed by atoms with van der Waals surface area (Å²) in [6, 6.07) is 23.3. The van der Waals surface area contributed by atoms with Crippen LogP contribution in [0.3, 0.4) is 0 Å². The number of anilines is 1. The van der Waals surface area contributed by atoms with Crippen molar-refractivity contribution in [2.75, 3.05) is 12.0 Å². The normalized spacial score (nSPS) is 17.3. The standard InChI is InChI=1S/C27H23BrN4O2S/c1-17-16-20(12-13-21(17)28)32-25(24(30-27(32)35)22-6-3-4-14-29-22)23-7-5-15-31(23)19-10-8-18(9-11-19)26(33)34-2/h3-16,24-25H,1-2H3,(H,30,35)/t24-,25+/m1/s1. The summed E-state index contributed by atoms with van der Waals surface area (Å²) in [7, 11) is 1.38. The van der Waals surface area contributed by atoms with Gasteiger partial charge < -0.3 is 19.5 Å². The molecule has 2 aromatic carbocycles. The molecule has 6 nitrogen and oxygen atoms in total. The fraction of sp³-hybridized carbons (Fsp3) is 0.148. The molecule has 2 aromatic heterocycles. The van der Waals surface area contributed by atoms with E-state index in [0.717, 1.165) is 32.8 Å². The molecule has 2 atom stereocenters. The number of thiocarbonyl (C=S) groups is 1. The lowest BCUT2D eigenvalue weighted by Gasteiger charge is -2.29. The number of methoxy groups -OCH3 is 1. The zero-order chi connectivity index (χ0) is 24.5. The van der Waals surface area contributed by atoms with Gasteiger partial charge in [0.1, 0.15) is 6.04 Å². The predicted octanol–water partition coefficient (Wildman–Crippen LogP) is 5.91. The Morgan fingerprint density at radius 3 is 2.51 bits per heavy atom. The van der Waals surface area contributed by atoms with Crippen LogP contribution in [0.25, 0.3) is 5.69 Å². The minimum atomic E-state index is -0.360. The maximum atomic E-state index is 11.9. The van der Waals surface area contributed by atoms with Crippen molar-refractivity contribution in [2.24, 2.45) is 0 Å². The molecular weight excluding hydrogens is 524 g/mol. The van der Waals surface area contributed by atoms with Gasteiger partial charge in [-0.2, -0.15) is 0 Å². The summed E-state index contributed by atoms with van der Waals surface area (Å²) in [4.78, 5) is 18.7. The van der Waals surface area contributed by atoms with Gasteiger partial charge in [0, 0.05) is 33.9 Å². The number of hydrogen-bond donors (Lipinski definition) is 1. The summed E-state index contributed by atoms with van der Waals surface area (Å²) in [5, 5.41) is 4.15. The molecule has 1 aliphatic rings. The lowest BCUT2D eigenvalue weighted by molar-refractivity contribution is 0.0600. The van der Waals surface area contributed by atoms with Crippen molar-refractivity contribution in [3.8, 4) is 5.69 Å². The van der Waals surface area contributed by atoms with Crippen LogP contribution in [0.2, 0.25) is 0 Å². The van der Waals surface area contributed by atoms with E-state index in [1.165, 1.54) is 7.11 Å². The number of ether oxygens (including phenoxy) is 1. The van der Waals surface area contributed by atoms with Crippen molar-refractivity contribution in [3.63, 3.8) is 0 Å². The molecule has 0 spiro atoms. The Bertz CT molecular complexity index is 1390. The number of rotatable bonds is 5. The van der Waals surface area contributed by atoms with Crippen LogP contribution in [-0.4, -0.2) is 27.7 Å². The Labute approximate surface area is 217 Å². The van der Waals surface area contributed by atoms with E-state index in [9.17, 15) is 4.79 Å². The molecule has 4 aromatic rings. The number of hydrogen-bond acceptors (Lipinski definition) is 4. The van der Waals surface area contributed by atoms with Crippen molar-refractivity contribution < 1.29 is 9.53 Å². The van der Waals surface area contributed by atoms with E-state index in [-0.39, 0.29) is 18.1 Å². The van der Waals surface area contributed by atoms with Gasteiger partial charge in [-0.3, -0.25) is 4.98 Å². The largest absolute Gasteiger partial charge is 0.465 e. The van der Waals surface area contributed by atoms with Gasteiger partial charge in [-0.15, -0.1) is 0 Å². The fourth-order valence-corrected chi connectivity index (χ4v) is 5.05. The first-order valence-corrected chi connectivity index (χ1v) is 12.3. The Balaban J connectivity index is 1.63. The summed E-state index contributed by atoms with van der Waals surface area (Å²) < 4.78 is 8.01. The molecule has 0 saturated carbocycles. The van der Waals surface area contributed by atoms with Crippen molar-refractivity contribution in [1.82, 2.24) is 14.9 Å². The molecule has 1 fully saturated rings. The monoisotopic (exact) mass is 546 g/mol. The van der Waals surface area contributed by atoms with Crippen LogP contribution >= 0.6 is 28.1 Å². The van der Waals surface area contributed by atoms with Crippen LogP contribution in [0.1, 0.15) is 39.4 Å². The highest BCUT2D eigenvalue weighted by atomic mass is 79.9. The zero-order valence-corrected chi connectivity index (χ0v) is 21.6. The number of aryl methyl sites for hydroxylation is 1. The summed E-state index contributed by atoms with van der Waals surface area (Å²) in [6.45, 7) is 2.07. The number of halogens is 1. The number of pyridine rings is 1. The van der Waals surface area contributed by atoms with E-state index in [0.29, 0.717) is 10.7 Å². The Morgan fingerprint density at radius 1 is 1.06 bits per heavy atom. The van der Waals surface area contributed by atoms with Gasteiger partial charge in [0.2, 0.25) is 0 Å². The van der Waals surface area contributed by atoms with Crippen LogP contribution in [0, 0.1) is 6.92 Å². The molecule has 5 rings (SSSR count). The lowest BCUT2D eigenvalue weighted by Crippen LogP contribution is -2.30. The summed E-state index contributed by atoms with van der Waals surface area (Å²) in [5.41, 5.74) is 5.51. The van der Waals surface area contributed by atoms with Crippen LogP contribution in [0.15, 0.2) is 89.7 Å². The zero-order valence-electron chi connectivity index (χ0n) is 19.2. The van der Waals surface area contributed by atoms with Crippen LogP contribution < -0.4 is 10.2 Å². The Kier molecular flexibility index (Phi) is 6.40. The molecular formula is C27H23BrN4O2S. The first-order chi connectivity index (χ1) is 17.0. The molecule has 1 N–H and O–H groups in total. The molecule has 176 valence electrons. The maximum absolute atomic E-state index is 11.9. The van der Waals surface area contributed by atoms with E-state index in [2.05, 4.69) is 60.8 Å². The van der Waals surface area contributed by atoms with Crippen LogP contribution in [-0.2, 0) is 4.74 Å². The number of nitrogens with zero attached hydrogens (tertiary/aromatic N) is 3. The van der Waals surface area contributed by atoms with Crippen LogP contribution in [0.5, 0.6) is 0 Å². The number of carbonyl (C=O) groups is 1. The second-order valence-corrected chi connectivity index (χ2v) is 9.51. The van der Waals surface area contributed by atoms with E-state index >= 15 is 0 Å². The van der Waals surface area contributed by atoms with Gasteiger partial charge in [-0.05, 0) is 91.4 Å². The smallest absolute Gasteiger partial charge is 0.337 e. The van der Waals surface area contributed by atoms with Crippen molar-refractivity contribution >= 4 is 44.9 Å². The fourth-order valence-electron chi connectivity index (χ4n) is 4.46. The molecule has 0 aliphatic carbocycles. The summed E-state index contributed by atoms with van der Waals surface area (Å²) >= 11 is 9.47. The topological polar surface area (TPSA) is 59.4 Å². The predicted molar refractivity (Wildman–Crippen MR) is 144 cm³/mol. The average molecular weight is 547 g/mol. The highest BCUT2D eigenvalue weighted by Crippen LogP contribution is 2.42. The maximum Gasteiger partial charge on any atom is 0.337 e. The molecule has 3 heterocycles. The van der Waals surface area contributed by atoms with Crippen molar-refractivity contribution in [2.45, 2.75) is 19.0 Å². The molecule has 8 heteroatoms. The van der Waals surface area contributed by atoms with Crippen molar-refractivity contribution in [1.29, 1.82) is 0 Å². The van der Waals surface area contributed by atoms with E-state index in [1.807, 2.05) is 48.7 Å². The third kappa shape index (κ3) is 4.35. The SMILES string of the molecule is COC(=O)c1ccc(-n2cccc2[C@H]2[C@@H](c3ccccn3)NC(=S)N2c2ccc(Br)c(C)c2)cc1. The van der Waals surface area contributed by atoms with Gasteiger partial charge >= 0.3 is 5.97 Å².